The van der Waals surface area contributed by atoms with Crippen LogP contribution in [-0.4, -0.2) is 22.5 Å². The lowest BCUT2D eigenvalue weighted by atomic mass is 9.96. The summed E-state index contributed by atoms with van der Waals surface area (Å²) in [5, 5.41) is 10.7. The summed E-state index contributed by atoms with van der Waals surface area (Å²) in [7, 11) is 0. The molecule has 0 radical (unpaired) electrons. The highest BCUT2D eigenvalue weighted by atomic mass is 35.5. The maximum Gasteiger partial charge on any atom is 0.338 e. The average Bonchev–Trinajstić information content (AvgIpc) is 3.07. The van der Waals surface area contributed by atoms with E-state index >= 15 is 0 Å². The molecule has 3 aromatic rings. The zero-order valence-corrected chi connectivity index (χ0v) is 15.3. The number of carboxylic acid groups (broad SMARTS) is 1. The monoisotopic (exact) mass is 387 g/mol. The van der Waals surface area contributed by atoms with Crippen molar-refractivity contribution in [3.63, 3.8) is 0 Å². The quantitative estimate of drug-likeness (QED) is 0.647. The first-order valence-electron chi connectivity index (χ1n) is 8.10. The van der Waals surface area contributed by atoms with Gasteiger partial charge in [-0.05, 0) is 35.7 Å². The second-order valence-corrected chi connectivity index (χ2v) is 7.07. The Balaban J connectivity index is 1.65. The van der Waals surface area contributed by atoms with Gasteiger partial charge in [-0.3, -0.25) is 0 Å². The molecule has 6 heteroatoms. The fourth-order valence-electron chi connectivity index (χ4n) is 3.40. The normalized spacial score (nSPS) is 13.7. The van der Waals surface area contributed by atoms with Crippen LogP contribution >= 0.6 is 23.2 Å². The largest absolute Gasteiger partial charge is 0.478 e. The summed E-state index contributed by atoms with van der Waals surface area (Å²) in [6.45, 7) is 5.50. The van der Waals surface area contributed by atoms with Crippen molar-refractivity contribution >= 4 is 45.8 Å². The van der Waals surface area contributed by atoms with Gasteiger partial charge in [0.1, 0.15) is 5.58 Å². The highest BCUT2D eigenvalue weighted by Crippen LogP contribution is 2.36. The van der Waals surface area contributed by atoms with Gasteiger partial charge < -0.3 is 14.4 Å². The van der Waals surface area contributed by atoms with E-state index in [0.717, 1.165) is 33.4 Å². The first-order valence-corrected chi connectivity index (χ1v) is 8.86. The number of carboxylic acids is 1. The van der Waals surface area contributed by atoms with Crippen LogP contribution in [0.4, 0.5) is 0 Å². The number of carbonyl (C=O) groups is 1. The van der Waals surface area contributed by atoms with Gasteiger partial charge in [0.25, 0.3) is 0 Å². The van der Waals surface area contributed by atoms with Crippen LogP contribution in [0.5, 0.6) is 0 Å². The van der Waals surface area contributed by atoms with Crippen LogP contribution in [0.25, 0.3) is 16.7 Å². The number of furan rings is 1. The predicted molar refractivity (Wildman–Crippen MR) is 103 cm³/mol. The lowest BCUT2D eigenvalue weighted by Gasteiger charge is -2.33. The molecule has 0 unspecified atom stereocenters. The van der Waals surface area contributed by atoms with E-state index < -0.39 is 5.97 Å². The van der Waals surface area contributed by atoms with Crippen LogP contribution in [0.1, 0.15) is 27.0 Å². The summed E-state index contributed by atoms with van der Waals surface area (Å²) < 4.78 is 5.47. The Morgan fingerprint density at radius 1 is 1.23 bits per heavy atom. The van der Waals surface area contributed by atoms with Gasteiger partial charge >= 0.3 is 5.97 Å². The Hall–Kier alpha value is -2.43. The molecule has 132 valence electrons. The number of hydrogen-bond donors (Lipinski definition) is 1. The molecule has 2 aromatic carbocycles. The third kappa shape index (κ3) is 2.75. The van der Waals surface area contributed by atoms with Gasteiger partial charge in [-0.25, -0.2) is 4.79 Å². The molecule has 0 spiro atoms. The van der Waals surface area contributed by atoms with E-state index in [2.05, 4.69) is 11.5 Å². The minimum atomic E-state index is -1.11. The van der Waals surface area contributed by atoms with Gasteiger partial charge in [0.05, 0.1) is 21.9 Å². The van der Waals surface area contributed by atoms with E-state index in [4.69, 9.17) is 27.6 Å². The Morgan fingerprint density at radius 3 is 2.81 bits per heavy atom. The van der Waals surface area contributed by atoms with Crippen LogP contribution in [0.15, 0.2) is 47.6 Å². The van der Waals surface area contributed by atoms with E-state index in [1.54, 1.807) is 12.3 Å². The fourth-order valence-corrected chi connectivity index (χ4v) is 4.15. The van der Waals surface area contributed by atoms with Crippen LogP contribution in [0.3, 0.4) is 0 Å². The van der Waals surface area contributed by atoms with Crippen LogP contribution in [-0.2, 0) is 13.0 Å². The molecule has 4 rings (SSSR count). The predicted octanol–water partition coefficient (Wildman–Crippen LogP) is 5.47. The molecule has 0 aliphatic carbocycles. The van der Waals surface area contributed by atoms with Crippen LogP contribution in [0.2, 0.25) is 10.0 Å². The summed E-state index contributed by atoms with van der Waals surface area (Å²) in [6, 6.07) is 9.61. The van der Waals surface area contributed by atoms with Crippen molar-refractivity contribution in [2.24, 2.45) is 0 Å². The van der Waals surface area contributed by atoms with Crippen molar-refractivity contribution in [2.45, 2.75) is 13.0 Å². The molecule has 1 aliphatic heterocycles. The molecular weight excluding hydrogens is 373 g/mol. The van der Waals surface area contributed by atoms with Gasteiger partial charge in [0.15, 0.2) is 0 Å². The first-order chi connectivity index (χ1) is 12.5. The number of aromatic carboxylic acids is 1. The highest BCUT2D eigenvalue weighted by molar-refractivity contribution is 6.39. The third-order valence-electron chi connectivity index (χ3n) is 4.79. The number of fused-ring (bicyclic) bond motifs is 2. The Morgan fingerprint density at radius 2 is 2.04 bits per heavy atom. The van der Waals surface area contributed by atoms with Crippen molar-refractivity contribution in [3.05, 3.63) is 75.5 Å². The summed E-state index contributed by atoms with van der Waals surface area (Å²) >= 11 is 12.4. The highest BCUT2D eigenvalue weighted by Gasteiger charge is 2.25. The number of benzene rings is 2. The molecule has 1 aromatic heterocycles. The van der Waals surface area contributed by atoms with E-state index in [9.17, 15) is 9.90 Å². The lowest BCUT2D eigenvalue weighted by Crippen LogP contribution is -2.29. The summed E-state index contributed by atoms with van der Waals surface area (Å²) in [5.74, 6) is -1.11. The Kier molecular flexibility index (Phi) is 4.17. The third-order valence-corrected chi connectivity index (χ3v) is 5.50. The van der Waals surface area contributed by atoms with Gasteiger partial charge in [-0.1, -0.05) is 41.9 Å². The lowest BCUT2D eigenvalue weighted by molar-refractivity contribution is 0.0697. The van der Waals surface area contributed by atoms with E-state index in [0.29, 0.717) is 19.5 Å². The molecule has 0 amide bonds. The topological polar surface area (TPSA) is 53.7 Å². The molecule has 0 saturated heterocycles. The molecule has 26 heavy (non-hydrogen) atoms. The van der Waals surface area contributed by atoms with Crippen molar-refractivity contribution in [3.8, 4) is 0 Å². The number of halogens is 2. The van der Waals surface area contributed by atoms with E-state index in [-0.39, 0.29) is 15.6 Å². The second-order valence-electron chi connectivity index (χ2n) is 6.28. The zero-order valence-electron chi connectivity index (χ0n) is 13.8. The molecule has 2 heterocycles. The molecule has 0 fully saturated rings. The summed E-state index contributed by atoms with van der Waals surface area (Å²) in [5.41, 5.74) is 4.43. The SMILES string of the molecule is C=C(c1ccc2ccoc2c1)N1CCc2c(cc(Cl)c(C(=O)O)c2Cl)C1. The molecular formula is C20H15Cl2NO3. The Bertz CT molecular complexity index is 1050. The number of hydrogen-bond acceptors (Lipinski definition) is 3. The number of nitrogens with zero attached hydrogens (tertiary/aromatic N) is 1. The molecule has 1 aliphatic rings. The summed E-state index contributed by atoms with van der Waals surface area (Å²) in [6.07, 6.45) is 2.30. The molecule has 0 saturated carbocycles. The standard InChI is InChI=1S/C20H15Cl2NO3/c1-11(13-3-2-12-5-7-26-17(12)9-13)23-6-4-15-14(10-23)8-16(21)18(19(15)22)20(24)25/h2-3,5,7-9H,1,4,6,10H2,(H,24,25). The molecule has 1 N–H and O–H groups in total. The van der Waals surface area contributed by atoms with E-state index in [1.165, 1.54) is 0 Å². The second kappa shape index (κ2) is 6.38. The fraction of sp³-hybridized carbons (Fsp3) is 0.150. The van der Waals surface area contributed by atoms with E-state index in [1.807, 2.05) is 24.3 Å². The first kappa shape index (κ1) is 17.0. The molecule has 0 bridgehead atoms. The smallest absolute Gasteiger partial charge is 0.338 e. The minimum Gasteiger partial charge on any atom is -0.478 e. The maximum absolute atomic E-state index is 11.4. The maximum atomic E-state index is 11.4. The van der Waals surface area contributed by atoms with Crippen molar-refractivity contribution in [1.82, 2.24) is 4.90 Å². The van der Waals surface area contributed by atoms with Crippen LogP contribution in [0, 0.1) is 0 Å². The van der Waals surface area contributed by atoms with Gasteiger partial charge in [-0.2, -0.15) is 0 Å². The van der Waals surface area contributed by atoms with Crippen LogP contribution < -0.4 is 0 Å². The van der Waals surface area contributed by atoms with Crippen molar-refractivity contribution in [1.29, 1.82) is 0 Å². The van der Waals surface area contributed by atoms with Crippen molar-refractivity contribution < 1.29 is 14.3 Å². The minimum absolute atomic E-state index is 0.0253. The van der Waals surface area contributed by atoms with Gasteiger partial charge in [-0.15, -0.1) is 0 Å². The summed E-state index contributed by atoms with van der Waals surface area (Å²) in [4.78, 5) is 13.5. The zero-order chi connectivity index (χ0) is 18.4. The molecule has 0 atom stereocenters. The number of rotatable bonds is 3. The van der Waals surface area contributed by atoms with Crippen molar-refractivity contribution in [2.75, 3.05) is 6.54 Å². The van der Waals surface area contributed by atoms with Gasteiger partial charge in [0, 0.05) is 29.7 Å². The van der Waals surface area contributed by atoms with Gasteiger partial charge in [0.2, 0.25) is 0 Å². The Labute approximate surface area is 160 Å². The average molecular weight is 388 g/mol. The molecule has 4 nitrogen and oxygen atoms in total.